The molecule has 4 aromatic carbocycles. The molecule has 1 aromatic heterocycles. The molecule has 0 spiro atoms. The number of para-hydroxylation sites is 1. The molecule has 15 unspecified atom stereocenters. The molecule has 9 rings (SSSR count). The molecular weight excluding hydrogens is 1260 g/mol. The maximum atomic E-state index is 15.1. The van der Waals surface area contributed by atoms with Gasteiger partial charge in [0.05, 0.1) is 62.6 Å². The van der Waals surface area contributed by atoms with Crippen molar-refractivity contribution in [2.45, 2.75) is 142 Å². The molecule has 0 saturated carbocycles. The van der Waals surface area contributed by atoms with Crippen LogP contribution in [0.15, 0.2) is 113 Å². The number of hydrogen-bond donors (Lipinski definition) is 20. The van der Waals surface area contributed by atoms with Crippen LogP contribution < -0.4 is 48.1 Å². The van der Waals surface area contributed by atoms with Gasteiger partial charge in [-0.25, -0.2) is 4.98 Å². The fourth-order valence-corrected chi connectivity index (χ4v) is 11.6. The Balaban J connectivity index is 0.980. The Bertz CT molecular complexity index is 3560. The zero-order valence-electron chi connectivity index (χ0n) is 51.5. The molecule has 22 N–H and O–H groups in total. The molecule has 0 bridgehead atoms. The van der Waals surface area contributed by atoms with E-state index in [9.17, 15) is 85.6 Å². The lowest BCUT2D eigenvalue weighted by Crippen LogP contribution is -2.69. The van der Waals surface area contributed by atoms with E-state index in [1.165, 1.54) is 23.1 Å². The van der Waals surface area contributed by atoms with Crippen LogP contribution in [0.4, 0.5) is 0 Å². The molecule has 3 fully saturated rings. The molecule has 4 aliphatic rings. The summed E-state index contributed by atoms with van der Waals surface area (Å²) in [6.07, 6.45) is -21.4. The first-order chi connectivity index (χ1) is 45.9. The van der Waals surface area contributed by atoms with Crippen molar-refractivity contribution in [2.75, 3.05) is 39.5 Å². The van der Waals surface area contributed by atoms with E-state index in [1.807, 2.05) is 0 Å². The number of aliphatic imine (C=N–C) groups is 1. The van der Waals surface area contributed by atoms with Gasteiger partial charge in [-0.1, -0.05) is 85.8 Å². The van der Waals surface area contributed by atoms with Gasteiger partial charge >= 0.3 is 0 Å². The van der Waals surface area contributed by atoms with Gasteiger partial charge in [-0.2, -0.15) is 0 Å². The van der Waals surface area contributed by atoms with E-state index in [1.54, 1.807) is 91.9 Å². The number of amides is 5. The molecule has 3 saturated heterocycles. The van der Waals surface area contributed by atoms with Gasteiger partial charge in [0, 0.05) is 19.0 Å². The molecule has 518 valence electrons. The molecule has 5 amide bonds. The number of aliphatic hydroxyl groups excluding tert-OH is 11. The topological polar surface area (TPSA) is 546 Å². The smallest absolute Gasteiger partial charge is 0.246 e. The number of carbonyl (C=O) groups is 6. The average molecular weight is 1340 g/mol. The fourth-order valence-electron chi connectivity index (χ4n) is 11.6. The first-order valence-corrected chi connectivity index (χ1v) is 30.6. The van der Waals surface area contributed by atoms with Crippen LogP contribution in [-0.4, -0.2) is 274 Å². The van der Waals surface area contributed by atoms with E-state index in [4.69, 9.17) is 30.1 Å². The maximum absolute atomic E-state index is 15.1. The third-order valence-corrected chi connectivity index (χ3v) is 17.1. The number of guanidine groups is 2. The number of aldehydes is 1. The van der Waals surface area contributed by atoms with Crippen LogP contribution in [0.3, 0.4) is 0 Å². The lowest BCUT2D eigenvalue weighted by atomic mass is 9.94. The van der Waals surface area contributed by atoms with E-state index in [2.05, 4.69) is 41.9 Å². The highest BCUT2D eigenvalue weighted by molar-refractivity contribution is 5.97. The van der Waals surface area contributed by atoms with Crippen LogP contribution in [0.5, 0.6) is 5.75 Å². The molecule has 20 atom stereocenters. The summed E-state index contributed by atoms with van der Waals surface area (Å²) in [6, 6.07) is 16.2. The second kappa shape index (κ2) is 31.8. The minimum Gasteiger partial charge on any atom is -0.461 e. The molecule has 5 aromatic rings. The van der Waals surface area contributed by atoms with Crippen molar-refractivity contribution < 1.29 is 104 Å². The summed E-state index contributed by atoms with van der Waals surface area (Å²) in [5, 5.41) is 144. The Hall–Kier alpha value is -8.85. The summed E-state index contributed by atoms with van der Waals surface area (Å²) in [7, 11) is 0. The van der Waals surface area contributed by atoms with E-state index >= 15 is 4.79 Å². The fraction of sp³-hybridized carbons (Fsp3) is 0.468. The number of ether oxygens (including phenoxy) is 3. The average Bonchev–Trinajstić information content (AvgIpc) is 1.56. The van der Waals surface area contributed by atoms with E-state index in [-0.39, 0.29) is 53.8 Å². The van der Waals surface area contributed by atoms with E-state index in [0.29, 0.717) is 23.0 Å². The van der Waals surface area contributed by atoms with Gasteiger partial charge in [0.15, 0.2) is 23.7 Å². The second-order valence-electron chi connectivity index (χ2n) is 23.6. The van der Waals surface area contributed by atoms with Gasteiger partial charge in [0.1, 0.15) is 96.7 Å². The molecule has 96 heavy (non-hydrogen) atoms. The predicted octanol–water partition coefficient (Wildman–Crippen LogP) is -7.48. The van der Waals surface area contributed by atoms with Gasteiger partial charge in [-0.05, 0) is 47.4 Å². The number of nitrogens with zero attached hydrogens (tertiary/aromatic N) is 4. The summed E-state index contributed by atoms with van der Waals surface area (Å²) < 4.78 is 23.4. The van der Waals surface area contributed by atoms with Crippen LogP contribution in [0, 0.1) is 5.41 Å². The largest absolute Gasteiger partial charge is 0.461 e. The second-order valence-corrected chi connectivity index (χ2v) is 23.6. The monoisotopic (exact) mass is 1340 g/mol. The number of carbonyl (C=O) groups excluding carboxylic acids is 6. The Morgan fingerprint density at radius 1 is 0.750 bits per heavy atom. The summed E-state index contributed by atoms with van der Waals surface area (Å²) in [5.74, 6) is -7.10. The van der Waals surface area contributed by atoms with Crippen molar-refractivity contribution in [2.24, 2.45) is 16.5 Å². The van der Waals surface area contributed by atoms with Crippen molar-refractivity contribution in [1.82, 2.24) is 46.7 Å². The molecular formula is C62H79N13O21. The molecule has 34 nitrogen and oxygen atoms in total. The number of aliphatic hydroxyl groups is 11. The van der Waals surface area contributed by atoms with Crippen molar-refractivity contribution in [3.05, 3.63) is 120 Å². The van der Waals surface area contributed by atoms with Crippen LogP contribution in [0.25, 0.3) is 22.6 Å². The standard InChI is InChI=1S/C62H79N13O21/c1-28(31-12-6-3-7-13-31)36(24-76)68-43(80)21-66-55(90)37(25-77)69-56(91)45(47(82)38-23-74(22-29-10-4-2-5-11-29)62(65)75(38)59-52(87)50(85)48(83)41(26-78)94-59)73-57(92)44(46(81)35-20-67-61(64)71-35)72-54(89)33(63)18-30-16-17-40-34(19-30)70-58(93-40)32-14-8-9-15-39(32)95-60-53(88)51(86)49(84)42(27-79)96-60/h2-17,19,24,28,33,35-38,41-42,44-53,59-60,65,77-79,81-88H,18,20-23,25-27,63H2,1H3,(H,66,90)(H,68,80)(H,69,91)(H,72,89)(H,73,92)(H3,64,67,71)/t28?,33-,35?,36+,37-,38?,41?,42?,44-,45-,46?,47?,48?,49?,50?,51?,52?,53?,59?,60?/m0/s1. The molecule has 0 aliphatic carbocycles. The minimum atomic E-state index is -2.37. The highest BCUT2D eigenvalue weighted by Gasteiger charge is 2.54. The third kappa shape index (κ3) is 16.2. The number of hydrogen-bond acceptors (Lipinski definition) is 27. The van der Waals surface area contributed by atoms with Crippen molar-refractivity contribution in [3.63, 3.8) is 0 Å². The highest BCUT2D eigenvalue weighted by atomic mass is 16.7. The van der Waals surface area contributed by atoms with Gasteiger partial charge in [0.2, 0.25) is 41.7 Å². The number of oxazole rings is 1. The number of benzene rings is 4. The maximum Gasteiger partial charge on any atom is 0.246 e. The predicted molar refractivity (Wildman–Crippen MR) is 334 cm³/mol. The first kappa shape index (κ1) is 71.4. The highest BCUT2D eigenvalue weighted by Crippen LogP contribution is 2.36. The first-order valence-electron chi connectivity index (χ1n) is 30.6. The Morgan fingerprint density at radius 3 is 2.03 bits per heavy atom. The Labute approximate surface area is 547 Å². The molecule has 4 aliphatic heterocycles. The molecule has 0 radical (unpaired) electrons. The third-order valence-electron chi connectivity index (χ3n) is 17.1. The number of nitrogens with one attached hydrogen (secondary N) is 7. The van der Waals surface area contributed by atoms with Crippen LogP contribution in [0.1, 0.15) is 29.5 Å². The SMILES string of the molecule is CC(c1ccccc1)[C@@H](C=O)NC(=O)CNC(=O)[C@H](CO)NC(=O)[C@@H](NC(=O)[C@@H](NC(=O)[C@@H](N)Cc1ccc2oc(-c3ccccc3OC3OC(CO)C(O)C(O)C3O)nc2c1)C(O)C1CN=C(N)N1)C(O)C1CN(Cc2ccccc2)C(=N)N1C1OC(CO)C(O)C(O)C1O. The Morgan fingerprint density at radius 2 is 1.38 bits per heavy atom. The van der Waals surface area contributed by atoms with Gasteiger partial charge < -0.3 is 133 Å². The van der Waals surface area contributed by atoms with E-state index < -0.39 is 190 Å². The summed E-state index contributed by atoms with van der Waals surface area (Å²) in [5.41, 5.74) is 14.9. The van der Waals surface area contributed by atoms with Gasteiger partial charge in [-0.15, -0.1) is 0 Å². The van der Waals surface area contributed by atoms with E-state index in [0.717, 1.165) is 4.90 Å². The quantitative estimate of drug-likeness (QED) is 0.0207. The lowest BCUT2D eigenvalue weighted by Gasteiger charge is -2.46. The van der Waals surface area contributed by atoms with Crippen LogP contribution in [0.2, 0.25) is 0 Å². The van der Waals surface area contributed by atoms with Crippen molar-refractivity contribution in [1.29, 1.82) is 5.41 Å². The normalized spacial score (nSPS) is 26.8. The zero-order chi connectivity index (χ0) is 69.2. The summed E-state index contributed by atoms with van der Waals surface area (Å²) >= 11 is 0. The van der Waals surface area contributed by atoms with Gasteiger partial charge in [-0.3, -0.25) is 34.4 Å². The van der Waals surface area contributed by atoms with Crippen LogP contribution >= 0.6 is 0 Å². The zero-order valence-corrected chi connectivity index (χ0v) is 51.5. The number of aromatic nitrogens is 1. The minimum absolute atomic E-state index is 0.001000. The van der Waals surface area contributed by atoms with Crippen molar-refractivity contribution >= 4 is 58.8 Å². The summed E-state index contributed by atoms with van der Waals surface area (Å²) in [4.78, 5) is 94.5. The lowest BCUT2D eigenvalue weighted by molar-refractivity contribution is -0.277. The van der Waals surface area contributed by atoms with Crippen LogP contribution in [-0.2, 0) is 51.2 Å². The van der Waals surface area contributed by atoms with Gasteiger partial charge in [0.25, 0.3) is 0 Å². The number of fused-ring (bicyclic) bond motifs is 1. The molecule has 34 heteroatoms. The number of rotatable bonds is 28. The van der Waals surface area contributed by atoms with Crippen molar-refractivity contribution in [3.8, 4) is 17.2 Å². The Kier molecular flexibility index (Phi) is 23.7. The number of nitrogens with two attached hydrogens (primary N) is 2. The molecule has 5 heterocycles. The summed E-state index contributed by atoms with van der Waals surface area (Å²) in [6.45, 7) is -2.68.